The molecule has 1 aromatic rings. The minimum absolute atomic E-state index is 0.654. The summed E-state index contributed by atoms with van der Waals surface area (Å²) in [6, 6.07) is 0. The second-order valence-electron chi connectivity index (χ2n) is 5.16. The van der Waals surface area contributed by atoms with E-state index in [0.717, 1.165) is 44.4 Å². The number of hydrogen-bond donors (Lipinski definition) is 1. The van der Waals surface area contributed by atoms with Gasteiger partial charge in [0.15, 0.2) is 0 Å². The van der Waals surface area contributed by atoms with Gasteiger partial charge in [-0.1, -0.05) is 6.92 Å². The third-order valence-electron chi connectivity index (χ3n) is 3.38. The van der Waals surface area contributed by atoms with Gasteiger partial charge in [-0.05, 0) is 44.8 Å². The van der Waals surface area contributed by atoms with Crippen LogP contribution in [0.4, 0.5) is 0 Å². The van der Waals surface area contributed by atoms with E-state index in [1.54, 1.807) is 0 Å². The Morgan fingerprint density at radius 2 is 2.33 bits per heavy atom. The van der Waals surface area contributed by atoms with Crippen LogP contribution in [-0.2, 0) is 6.54 Å². The maximum Gasteiger partial charge on any atom is 0.230 e. The fourth-order valence-corrected chi connectivity index (χ4v) is 2.59. The SMILES string of the molecule is CCCN(Cc1nnc(C)o1)CC1CCCNC1. The number of hydrogen-bond acceptors (Lipinski definition) is 5. The highest BCUT2D eigenvalue weighted by atomic mass is 16.4. The van der Waals surface area contributed by atoms with Gasteiger partial charge in [0.05, 0.1) is 6.54 Å². The van der Waals surface area contributed by atoms with Crippen LogP contribution in [0.25, 0.3) is 0 Å². The number of aromatic nitrogens is 2. The van der Waals surface area contributed by atoms with E-state index in [0.29, 0.717) is 5.89 Å². The summed E-state index contributed by atoms with van der Waals surface area (Å²) in [5.41, 5.74) is 0. The quantitative estimate of drug-likeness (QED) is 0.833. The van der Waals surface area contributed by atoms with Crippen molar-refractivity contribution in [3.8, 4) is 0 Å². The predicted molar refractivity (Wildman–Crippen MR) is 70.2 cm³/mol. The highest BCUT2D eigenvalue weighted by Crippen LogP contribution is 2.14. The van der Waals surface area contributed by atoms with Crippen molar-refractivity contribution >= 4 is 0 Å². The van der Waals surface area contributed by atoms with Crippen molar-refractivity contribution in [2.45, 2.75) is 39.7 Å². The summed E-state index contributed by atoms with van der Waals surface area (Å²) >= 11 is 0. The van der Waals surface area contributed by atoms with Gasteiger partial charge in [-0.15, -0.1) is 10.2 Å². The van der Waals surface area contributed by atoms with Crippen molar-refractivity contribution in [1.82, 2.24) is 20.4 Å². The Bertz CT molecular complexity index is 347. The average Bonchev–Trinajstić information content (AvgIpc) is 2.76. The first kappa shape index (κ1) is 13.5. The lowest BCUT2D eigenvalue weighted by Crippen LogP contribution is -2.38. The van der Waals surface area contributed by atoms with Crippen molar-refractivity contribution in [3.05, 3.63) is 11.8 Å². The first-order valence-electron chi connectivity index (χ1n) is 7.00. The number of piperidine rings is 1. The zero-order valence-corrected chi connectivity index (χ0v) is 11.5. The average molecular weight is 252 g/mol. The fourth-order valence-electron chi connectivity index (χ4n) is 2.59. The lowest BCUT2D eigenvalue weighted by molar-refractivity contribution is 0.185. The number of nitrogens with zero attached hydrogens (tertiary/aromatic N) is 3. The van der Waals surface area contributed by atoms with Gasteiger partial charge in [0, 0.05) is 13.5 Å². The minimum Gasteiger partial charge on any atom is -0.424 e. The molecule has 1 N–H and O–H groups in total. The Morgan fingerprint density at radius 1 is 1.44 bits per heavy atom. The molecular weight excluding hydrogens is 228 g/mol. The summed E-state index contributed by atoms with van der Waals surface area (Å²) in [6.07, 6.45) is 3.79. The topological polar surface area (TPSA) is 54.2 Å². The molecule has 0 radical (unpaired) electrons. The molecule has 2 rings (SSSR count). The maximum atomic E-state index is 5.47. The van der Waals surface area contributed by atoms with Crippen LogP contribution in [0, 0.1) is 12.8 Å². The Hall–Kier alpha value is -0.940. The van der Waals surface area contributed by atoms with Gasteiger partial charge in [-0.25, -0.2) is 0 Å². The minimum atomic E-state index is 0.654. The summed E-state index contributed by atoms with van der Waals surface area (Å²) in [7, 11) is 0. The Balaban J connectivity index is 1.86. The highest BCUT2D eigenvalue weighted by Gasteiger charge is 2.18. The molecule has 2 heterocycles. The van der Waals surface area contributed by atoms with Gasteiger partial charge in [0.2, 0.25) is 11.8 Å². The standard InChI is InChI=1S/C13H24N4O/c1-3-7-17(9-12-5-4-6-14-8-12)10-13-16-15-11(2)18-13/h12,14H,3-10H2,1-2H3. The Morgan fingerprint density at radius 3 is 2.94 bits per heavy atom. The first-order chi connectivity index (χ1) is 8.78. The second kappa shape index (κ2) is 6.85. The van der Waals surface area contributed by atoms with Crippen molar-refractivity contribution in [2.24, 2.45) is 5.92 Å². The molecule has 0 bridgehead atoms. The van der Waals surface area contributed by atoms with E-state index in [-0.39, 0.29) is 0 Å². The van der Waals surface area contributed by atoms with Crippen molar-refractivity contribution in [1.29, 1.82) is 0 Å². The van der Waals surface area contributed by atoms with Gasteiger partial charge >= 0.3 is 0 Å². The molecule has 18 heavy (non-hydrogen) atoms. The molecule has 1 aliphatic rings. The molecule has 1 aromatic heterocycles. The zero-order valence-electron chi connectivity index (χ0n) is 11.5. The van der Waals surface area contributed by atoms with E-state index in [9.17, 15) is 0 Å². The van der Waals surface area contributed by atoms with Gasteiger partial charge in [0.25, 0.3) is 0 Å². The summed E-state index contributed by atoms with van der Waals surface area (Å²) in [6.45, 7) is 9.37. The van der Waals surface area contributed by atoms with Crippen LogP contribution in [0.3, 0.4) is 0 Å². The van der Waals surface area contributed by atoms with Gasteiger partial charge in [-0.2, -0.15) is 0 Å². The van der Waals surface area contributed by atoms with Gasteiger partial charge in [0.1, 0.15) is 0 Å². The molecule has 1 aliphatic heterocycles. The molecule has 102 valence electrons. The van der Waals surface area contributed by atoms with Crippen LogP contribution in [-0.4, -0.2) is 41.3 Å². The Kier molecular flexibility index (Phi) is 5.13. The highest BCUT2D eigenvalue weighted by molar-refractivity contribution is 4.81. The summed E-state index contributed by atoms with van der Waals surface area (Å²) < 4.78 is 5.47. The monoisotopic (exact) mass is 252 g/mol. The van der Waals surface area contributed by atoms with Crippen LogP contribution >= 0.6 is 0 Å². The van der Waals surface area contributed by atoms with Crippen molar-refractivity contribution in [2.75, 3.05) is 26.2 Å². The largest absolute Gasteiger partial charge is 0.424 e. The van der Waals surface area contributed by atoms with E-state index >= 15 is 0 Å². The normalized spacial score (nSPS) is 20.5. The summed E-state index contributed by atoms with van der Waals surface area (Å²) in [5, 5.41) is 11.5. The van der Waals surface area contributed by atoms with E-state index < -0.39 is 0 Å². The first-order valence-corrected chi connectivity index (χ1v) is 7.00. The number of rotatable bonds is 6. The molecule has 5 nitrogen and oxygen atoms in total. The van der Waals surface area contributed by atoms with Crippen LogP contribution in [0.2, 0.25) is 0 Å². The second-order valence-corrected chi connectivity index (χ2v) is 5.16. The van der Waals surface area contributed by atoms with Crippen LogP contribution in [0.5, 0.6) is 0 Å². The van der Waals surface area contributed by atoms with Crippen LogP contribution in [0.15, 0.2) is 4.42 Å². The van der Waals surface area contributed by atoms with E-state index in [2.05, 4.69) is 27.3 Å². The maximum absolute atomic E-state index is 5.47. The number of aryl methyl sites for hydroxylation is 1. The smallest absolute Gasteiger partial charge is 0.230 e. The molecule has 1 unspecified atom stereocenters. The fraction of sp³-hybridized carbons (Fsp3) is 0.846. The predicted octanol–water partition coefficient (Wildman–Crippen LogP) is 1.59. The van der Waals surface area contributed by atoms with Gasteiger partial charge < -0.3 is 9.73 Å². The lowest BCUT2D eigenvalue weighted by Gasteiger charge is -2.29. The molecular formula is C13H24N4O. The lowest BCUT2D eigenvalue weighted by atomic mass is 9.99. The molecule has 0 spiro atoms. The molecule has 1 atom stereocenters. The van der Waals surface area contributed by atoms with E-state index in [4.69, 9.17) is 4.42 Å². The van der Waals surface area contributed by atoms with Crippen LogP contribution < -0.4 is 5.32 Å². The molecule has 0 aromatic carbocycles. The molecule has 0 aliphatic carbocycles. The number of nitrogens with one attached hydrogen (secondary N) is 1. The van der Waals surface area contributed by atoms with Crippen molar-refractivity contribution in [3.63, 3.8) is 0 Å². The van der Waals surface area contributed by atoms with E-state index in [1.807, 2.05) is 6.92 Å². The summed E-state index contributed by atoms with van der Waals surface area (Å²) in [5.74, 6) is 2.15. The van der Waals surface area contributed by atoms with Gasteiger partial charge in [-0.3, -0.25) is 4.90 Å². The molecule has 5 heteroatoms. The third kappa shape index (κ3) is 4.07. The molecule has 0 amide bonds. The molecule has 1 fully saturated rings. The third-order valence-corrected chi connectivity index (χ3v) is 3.38. The van der Waals surface area contributed by atoms with Crippen LogP contribution in [0.1, 0.15) is 38.0 Å². The zero-order chi connectivity index (χ0) is 12.8. The van der Waals surface area contributed by atoms with Crippen molar-refractivity contribution < 1.29 is 4.42 Å². The molecule has 0 saturated carbocycles. The Labute approximate surface area is 109 Å². The summed E-state index contributed by atoms with van der Waals surface area (Å²) in [4.78, 5) is 2.44. The molecule has 1 saturated heterocycles. The van der Waals surface area contributed by atoms with E-state index in [1.165, 1.54) is 19.4 Å².